The van der Waals surface area contributed by atoms with Gasteiger partial charge in [-0.05, 0) is 78.9 Å². The lowest BCUT2D eigenvalue weighted by atomic mass is 9.96. The summed E-state index contributed by atoms with van der Waals surface area (Å²) in [7, 11) is 0. The highest BCUT2D eigenvalue weighted by molar-refractivity contribution is 6.36. The smallest absolute Gasteiger partial charge is 0.416 e. The van der Waals surface area contributed by atoms with Crippen LogP contribution in [0.25, 0.3) is 22.0 Å². The third-order valence-corrected chi connectivity index (χ3v) is 9.97. The maximum Gasteiger partial charge on any atom is 0.416 e. The molecule has 0 spiro atoms. The highest BCUT2D eigenvalue weighted by Gasteiger charge is 2.42. The monoisotopic (exact) mass is 802 g/mol. The number of carbonyl (C=O) groups is 3. The zero-order valence-electron chi connectivity index (χ0n) is 29.4. The van der Waals surface area contributed by atoms with Crippen LogP contribution < -0.4 is 15.0 Å². The molecule has 2 aliphatic heterocycles. The molecule has 3 amide bonds. The second-order valence-electron chi connectivity index (χ2n) is 13.3. The van der Waals surface area contributed by atoms with Gasteiger partial charge in [0.25, 0.3) is 17.7 Å². The molecule has 0 bridgehead atoms. The first kappa shape index (κ1) is 37.7. The lowest BCUT2D eigenvalue weighted by Crippen LogP contribution is -2.30. The lowest BCUT2D eigenvalue weighted by Gasteiger charge is -2.25. The molecule has 6 aromatic rings. The van der Waals surface area contributed by atoms with Crippen molar-refractivity contribution < 1.29 is 50.9 Å². The zero-order valence-corrected chi connectivity index (χ0v) is 30.1. The standard InChI is InChI=1S/C41H28ClF5N4O6/c42-30-13-12-24(43)18-32(30)57-36-31(48-38(53)22-15-23(41(45,46)47)17-25(44)16-22)19-29(26-8-2-1-7-21(26)20-52)35-34(36)37(49-51(35)33-11-5-6-14-56-33)50-39(54)27-9-3-4-10-28(27)40(50)55/h1-4,7-10,12-13,15-19,33,52H,5-6,11,14,20H2,(H,48,53). The van der Waals surface area contributed by atoms with E-state index in [9.17, 15) is 41.4 Å². The molecule has 16 heteroatoms. The van der Waals surface area contributed by atoms with Crippen molar-refractivity contribution in [3.63, 3.8) is 0 Å². The summed E-state index contributed by atoms with van der Waals surface area (Å²) in [5.74, 6) is -5.81. The van der Waals surface area contributed by atoms with Crippen molar-refractivity contribution in [1.82, 2.24) is 9.78 Å². The first-order valence-electron chi connectivity index (χ1n) is 17.5. The van der Waals surface area contributed by atoms with Gasteiger partial charge in [0.05, 0.1) is 44.9 Å². The molecule has 0 aliphatic carbocycles. The molecule has 0 radical (unpaired) electrons. The van der Waals surface area contributed by atoms with E-state index in [1.165, 1.54) is 28.9 Å². The molecule has 8 rings (SSSR count). The second-order valence-corrected chi connectivity index (χ2v) is 13.7. The number of carbonyl (C=O) groups excluding carboxylic acids is 3. The molecule has 0 saturated carbocycles. The van der Waals surface area contributed by atoms with Crippen LogP contribution in [0, 0.1) is 11.6 Å². The van der Waals surface area contributed by atoms with Crippen LogP contribution in [0.5, 0.6) is 11.5 Å². The number of hydrogen-bond acceptors (Lipinski definition) is 7. The van der Waals surface area contributed by atoms with Crippen LogP contribution in [0.4, 0.5) is 33.5 Å². The number of fused-ring (bicyclic) bond motifs is 2. The molecule has 1 aromatic heterocycles. The number of ether oxygens (including phenoxy) is 2. The van der Waals surface area contributed by atoms with Crippen molar-refractivity contribution in [3.8, 4) is 22.6 Å². The Morgan fingerprint density at radius 3 is 2.26 bits per heavy atom. The fourth-order valence-corrected chi connectivity index (χ4v) is 7.19. The Bertz CT molecular complexity index is 2590. The van der Waals surface area contributed by atoms with E-state index in [0.29, 0.717) is 42.7 Å². The molecule has 3 heterocycles. The van der Waals surface area contributed by atoms with Gasteiger partial charge in [-0.1, -0.05) is 48.0 Å². The highest BCUT2D eigenvalue weighted by Crippen LogP contribution is 2.50. The molecule has 1 saturated heterocycles. The van der Waals surface area contributed by atoms with E-state index in [2.05, 4.69) is 5.32 Å². The number of imide groups is 1. The van der Waals surface area contributed by atoms with Crippen molar-refractivity contribution in [1.29, 1.82) is 0 Å². The van der Waals surface area contributed by atoms with E-state index in [0.717, 1.165) is 23.5 Å². The molecule has 10 nitrogen and oxygen atoms in total. The van der Waals surface area contributed by atoms with Gasteiger partial charge in [0, 0.05) is 23.8 Å². The van der Waals surface area contributed by atoms with Gasteiger partial charge >= 0.3 is 6.18 Å². The predicted molar refractivity (Wildman–Crippen MR) is 198 cm³/mol. The maximum atomic E-state index is 14.8. The van der Waals surface area contributed by atoms with Gasteiger partial charge in [-0.3, -0.25) is 14.4 Å². The van der Waals surface area contributed by atoms with Gasteiger partial charge in [0.2, 0.25) is 0 Å². The maximum absolute atomic E-state index is 14.8. The summed E-state index contributed by atoms with van der Waals surface area (Å²) >= 11 is 6.48. The van der Waals surface area contributed by atoms with Crippen LogP contribution in [0.15, 0.2) is 91.0 Å². The van der Waals surface area contributed by atoms with Gasteiger partial charge in [-0.2, -0.15) is 18.3 Å². The Balaban J connectivity index is 1.47. The number of aliphatic hydroxyl groups excluding tert-OH is 1. The van der Waals surface area contributed by atoms with Crippen molar-refractivity contribution in [2.45, 2.75) is 38.3 Å². The molecule has 1 unspecified atom stereocenters. The summed E-state index contributed by atoms with van der Waals surface area (Å²) in [6.45, 7) is -0.139. The number of halogens is 6. The van der Waals surface area contributed by atoms with Gasteiger partial charge < -0.3 is 19.9 Å². The third-order valence-electron chi connectivity index (χ3n) is 9.66. The molecule has 2 N–H and O–H groups in total. The van der Waals surface area contributed by atoms with Crippen molar-refractivity contribution in [2.75, 3.05) is 16.8 Å². The predicted octanol–water partition coefficient (Wildman–Crippen LogP) is 9.69. The molecular formula is C41H28ClF5N4O6. The summed E-state index contributed by atoms with van der Waals surface area (Å²) in [5.41, 5.74) is -1.12. The Hall–Kier alpha value is -6.16. The summed E-state index contributed by atoms with van der Waals surface area (Å²) in [4.78, 5) is 43.0. The van der Waals surface area contributed by atoms with Gasteiger partial charge in [-0.25, -0.2) is 18.4 Å². The van der Waals surface area contributed by atoms with E-state index in [-0.39, 0.29) is 61.7 Å². The van der Waals surface area contributed by atoms with E-state index < -0.39 is 59.5 Å². The fraction of sp³-hybridized carbons (Fsp3) is 0.171. The quantitative estimate of drug-likeness (QED) is 0.116. The van der Waals surface area contributed by atoms with Crippen molar-refractivity contribution in [2.24, 2.45) is 0 Å². The zero-order chi connectivity index (χ0) is 40.2. The summed E-state index contributed by atoms with van der Waals surface area (Å²) in [6.07, 6.45) is -3.90. The average Bonchev–Trinajstić information content (AvgIpc) is 3.71. The van der Waals surface area contributed by atoms with E-state index in [1.807, 2.05) is 0 Å². The third kappa shape index (κ3) is 6.87. The SMILES string of the molecule is O=C(Nc1cc(-c2ccccc2CO)c2c(c(N3C(=O)c4ccccc4C3=O)nn2C2CCCCO2)c1Oc1cc(F)ccc1Cl)c1cc(F)cc(C(F)(F)F)c1. The van der Waals surface area contributed by atoms with Crippen LogP contribution in [-0.4, -0.2) is 39.2 Å². The minimum Gasteiger partial charge on any atom is -0.453 e. The number of benzene rings is 5. The number of nitrogens with one attached hydrogen (secondary N) is 1. The number of nitrogens with zero attached hydrogens (tertiary/aromatic N) is 3. The summed E-state index contributed by atoms with van der Waals surface area (Å²) < 4.78 is 84.6. The van der Waals surface area contributed by atoms with Crippen molar-refractivity contribution in [3.05, 3.63) is 135 Å². The van der Waals surface area contributed by atoms with Gasteiger partial charge in [-0.15, -0.1) is 0 Å². The highest BCUT2D eigenvalue weighted by atomic mass is 35.5. The summed E-state index contributed by atoms with van der Waals surface area (Å²) in [5, 5.41) is 17.6. The molecular weight excluding hydrogens is 775 g/mol. The van der Waals surface area contributed by atoms with Crippen LogP contribution in [0.2, 0.25) is 5.02 Å². The Morgan fingerprint density at radius 1 is 0.895 bits per heavy atom. The average molecular weight is 803 g/mol. The fourth-order valence-electron chi connectivity index (χ4n) is 7.04. The number of anilines is 2. The number of hydrogen-bond donors (Lipinski definition) is 2. The molecule has 57 heavy (non-hydrogen) atoms. The molecule has 5 aromatic carbocycles. The van der Waals surface area contributed by atoms with Crippen LogP contribution in [0.3, 0.4) is 0 Å². The topological polar surface area (TPSA) is 123 Å². The second kappa shape index (κ2) is 14.7. The normalized spacial score (nSPS) is 15.6. The van der Waals surface area contributed by atoms with E-state index >= 15 is 0 Å². The molecule has 1 atom stereocenters. The molecule has 1 fully saturated rings. The van der Waals surface area contributed by atoms with E-state index in [1.54, 1.807) is 36.4 Å². The van der Waals surface area contributed by atoms with Crippen LogP contribution >= 0.6 is 11.6 Å². The first-order valence-corrected chi connectivity index (χ1v) is 17.9. The molecule has 2 aliphatic rings. The largest absolute Gasteiger partial charge is 0.453 e. The van der Waals surface area contributed by atoms with Crippen LogP contribution in [0.1, 0.15) is 67.7 Å². The first-order chi connectivity index (χ1) is 27.3. The number of aromatic nitrogens is 2. The summed E-state index contributed by atoms with van der Waals surface area (Å²) in [6, 6.07) is 18.6. The molecule has 290 valence electrons. The number of aliphatic hydroxyl groups is 1. The minimum absolute atomic E-state index is 0.0663. The Morgan fingerprint density at radius 2 is 1.60 bits per heavy atom. The van der Waals surface area contributed by atoms with Crippen LogP contribution in [-0.2, 0) is 17.5 Å². The number of alkyl halides is 3. The minimum atomic E-state index is -5.00. The van der Waals surface area contributed by atoms with Gasteiger partial charge in [0.1, 0.15) is 17.4 Å². The van der Waals surface area contributed by atoms with Crippen molar-refractivity contribution >= 4 is 51.7 Å². The Kier molecular flexibility index (Phi) is 9.75. The van der Waals surface area contributed by atoms with E-state index in [4.69, 9.17) is 26.2 Å². The number of amides is 3. The number of rotatable bonds is 8. The Labute approximate surface area is 325 Å². The van der Waals surface area contributed by atoms with Gasteiger partial charge in [0.15, 0.2) is 17.8 Å². The lowest BCUT2D eigenvalue weighted by molar-refractivity contribution is -0.137.